The zero-order valence-electron chi connectivity index (χ0n) is 13.9. The van der Waals surface area contributed by atoms with Crippen LogP contribution in [0, 0.1) is 6.92 Å². The number of ether oxygens (including phenoxy) is 1. The number of aromatic nitrogens is 3. The highest BCUT2D eigenvalue weighted by molar-refractivity contribution is 5.93. The molecule has 0 aliphatic carbocycles. The highest BCUT2D eigenvalue weighted by Gasteiger charge is 2.18. The quantitative estimate of drug-likeness (QED) is 0.678. The summed E-state index contributed by atoms with van der Waals surface area (Å²) in [4.78, 5) is 23.9. The Hall–Kier alpha value is -2.93. The molecule has 3 aromatic heterocycles. The molecule has 7 nitrogen and oxygen atoms in total. The van der Waals surface area contributed by atoms with Crippen LogP contribution in [0.5, 0.6) is 0 Å². The number of hydrogen-bond donors (Lipinski definition) is 3. The normalized spacial score (nSPS) is 16.9. The summed E-state index contributed by atoms with van der Waals surface area (Å²) >= 11 is 0. The molecule has 0 bridgehead atoms. The zero-order chi connectivity index (χ0) is 17.2. The predicted octanol–water partition coefficient (Wildman–Crippen LogP) is 2.57. The van der Waals surface area contributed by atoms with Gasteiger partial charge in [0.2, 0.25) is 0 Å². The van der Waals surface area contributed by atoms with Gasteiger partial charge in [0.1, 0.15) is 17.5 Å². The van der Waals surface area contributed by atoms with Gasteiger partial charge in [-0.05, 0) is 48.6 Å². The van der Waals surface area contributed by atoms with Gasteiger partial charge in [0, 0.05) is 19.0 Å². The van der Waals surface area contributed by atoms with Gasteiger partial charge in [0.15, 0.2) is 0 Å². The standard InChI is InChI=1S/C18H19N5O2/c1-11-2-5-19-14(8-11)22-15-9-12-3-6-20-18(24)16(12)17(23-15)21-13-4-7-25-10-13/h2-3,5-6,8-9,13H,4,7,10H2,1H3,(H,20,24)(H2,19,21,22,23). The van der Waals surface area contributed by atoms with E-state index in [0.29, 0.717) is 29.4 Å². The smallest absolute Gasteiger partial charge is 0.259 e. The van der Waals surface area contributed by atoms with Crippen LogP contribution in [0.25, 0.3) is 10.8 Å². The molecular weight excluding hydrogens is 318 g/mol. The molecule has 128 valence electrons. The van der Waals surface area contributed by atoms with Gasteiger partial charge in [0.05, 0.1) is 18.0 Å². The van der Waals surface area contributed by atoms with Crippen LogP contribution in [0.3, 0.4) is 0 Å². The summed E-state index contributed by atoms with van der Waals surface area (Å²) in [6.07, 6.45) is 4.28. The molecule has 0 saturated carbocycles. The van der Waals surface area contributed by atoms with Crippen molar-refractivity contribution in [2.45, 2.75) is 19.4 Å². The first kappa shape index (κ1) is 15.6. The minimum absolute atomic E-state index is 0.155. The van der Waals surface area contributed by atoms with E-state index in [1.165, 1.54) is 0 Å². The first-order valence-corrected chi connectivity index (χ1v) is 8.25. The third kappa shape index (κ3) is 3.32. The molecule has 1 unspecified atom stereocenters. The fourth-order valence-electron chi connectivity index (χ4n) is 2.96. The number of aromatic amines is 1. The lowest BCUT2D eigenvalue weighted by Crippen LogP contribution is -2.22. The lowest BCUT2D eigenvalue weighted by atomic mass is 10.2. The van der Waals surface area contributed by atoms with Crippen LogP contribution in [0.4, 0.5) is 17.5 Å². The predicted molar refractivity (Wildman–Crippen MR) is 97.5 cm³/mol. The summed E-state index contributed by atoms with van der Waals surface area (Å²) in [5.74, 6) is 1.91. The molecular formula is C18H19N5O2. The monoisotopic (exact) mass is 337 g/mol. The van der Waals surface area contributed by atoms with Crippen molar-refractivity contribution in [2.75, 3.05) is 23.8 Å². The van der Waals surface area contributed by atoms with E-state index in [2.05, 4.69) is 25.6 Å². The summed E-state index contributed by atoms with van der Waals surface area (Å²) in [7, 11) is 0. The van der Waals surface area contributed by atoms with Crippen molar-refractivity contribution in [3.63, 3.8) is 0 Å². The lowest BCUT2D eigenvalue weighted by Gasteiger charge is -2.15. The van der Waals surface area contributed by atoms with E-state index in [1.807, 2.05) is 31.2 Å². The number of aryl methyl sites for hydroxylation is 1. The van der Waals surface area contributed by atoms with E-state index in [4.69, 9.17) is 4.74 Å². The summed E-state index contributed by atoms with van der Waals surface area (Å²) in [6, 6.07) is 7.75. The number of nitrogens with zero attached hydrogens (tertiary/aromatic N) is 2. The zero-order valence-corrected chi connectivity index (χ0v) is 13.9. The second-order valence-electron chi connectivity index (χ2n) is 6.18. The first-order chi connectivity index (χ1) is 12.2. The van der Waals surface area contributed by atoms with Gasteiger partial charge in [0.25, 0.3) is 5.56 Å². The first-order valence-electron chi connectivity index (χ1n) is 8.25. The van der Waals surface area contributed by atoms with Crippen molar-refractivity contribution in [2.24, 2.45) is 0 Å². The Kier molecular flexibility index (Phi) is 4.07. The maximum atomic E-state index is 12.3. The molecule has 25 heavy (non-hydrogen) atoms. The Morgan fingerprint density at radius 2 is 2.20 bits per heavy atom. The van der Waals surface area contributed by atoms with E-state index < -0.39 is 0 Å². The van der Waals surface area contributed by atoms with E-state index >= 15 is 0 Å². The molecule has 0 spiro atoms. The summed E-state index contributed by atoms with van der Waals surface area (Å²) in [5.41, 5.74) is 0.947. The van der Waals surface area contributed by atoms with Crippen LogP contribution in [0.1, 0.15) is 12.0 Å². The van der Waals surface area contributed by atoms with Crippen molar-refractivity contribution in [3.8, 4) is 0 Å². The number of hydrogen-bond acceptors (Lipinski definition) is 6. The van der Waals surface area contributed by atoms with Crippen LogP contribution < -0.4 is 16.2 Å². The van der Waals surface area contributed by atoms with Crippen molar-refractivity contribution >= 4 is 28.2 Å². The molecule has 4 heterocycles. The highest BCUT2D eigenvalue weighted by atomic mass is 16.5. The van der Waals surface area contributed by atoms with Gasteiger partial charge >= 0.3 is 0 Å². The van der Waals surface area contributed by atoms with Crippen molar-refractivity contribution < 1.29 is 4.74 Å². The van der Waals surface area contributed by atoms with Gasteiger partial charge < -0.3 is 20.4 Å². The van der Waals surface area contributed by atoms with Crippen LogP contribution in [0.2, 0.25) is 0 Å². The summed E-state index contributed by atoms with van der Waals surface area (Å²) < 4.78 is 5.41. The lowest BCUT2D eigenvalue weighted by molar-refractivity contribution is 0.195. The number of fused-ring (bicyclic) bond motifs is 1. The maximum absolute atomic E-state index is 12.3. The van der Waals surface area contributed by atoms with Gasteiger partial charge in [-0.1, -0.05) is 0 Å². The Labute approximate surface area is 144 Å². The number of nitrogens with one attached hydrogen (secondary N) is 3. The van der Waals surface area contributed by atoms with Crippen molar-refractivity contribution in [3.05, 3.63) is 52.6 Å². The molecule has 1 aliphatic heterocycles. The van der Waals surface area contributed by atoms with E-state index in [-0.39, 0.29) is 11.6 Å². The number of rotatable bonds is 4. The molecule has 0 radical (unpaired) electrons. The number of anilines is 3. The topological polar surface area (TPSA) is 91.9 Å². The second-order valence-corrected chi connectivity index (χ2v) is 6.18. The SMILES string of the molecule is Cc1ccnc(Nc2cc3cc[nH]c(=O)c3c(NC3CCOC3)n2)c1. The average molecular weight is 337 g/mol. The van der Waals surface area contributed by atoms with E-state index in [9.17, 15) is 4.79 Å². The fourth-order valence-corrected chi connectivity index (χ4v) is 2.96. The molecule has 1 saturated heterocycles. The summed E-state index contributed by atoms with van der Waals surface area (Å²) in [6.45, 7) is 3.34. The van der Waals surface area contributed by atoms with Crippen molar-refractivity contribution in [1.82, 2.24) is 15.0 Å². The third-order valence-electron chi connectivity index (χ3n) is 4.20. The maximum Gasteiger partial charge on any atom is 0.259 e. The minimum atomic E-state index is -0.161. The van der Waals surface area contributed by atoms with Gasteiger partial charge in [-0.3, -0.25) is 4.79 Å². The van der Waals surface area contributed by atoms with Gasteiger partial charge in [-0.2, -0.15) is 0 Å². The highest BCUT2D eigenvalue weighted by Crippen LogP contribution is 2.25. The third-order valence-corrected chi connectivity index (χ3v) is 4.20. The Morgan fingerprint density at radius 1 is 1.28 bits per heavy atom. The van der Waals surface area contributed by atoms with Crippen molar-refractivity contribution in [1.29, 1.82) is 0 Å². The fraction of sp³-hybridized carbons (Fsp3) is 0.278. The molecule has 4 rings (SSSR count). The molecule has 0 aromatic carbocycles. The molecule has 3 aromatic rings. The average Bonchev–Trinajstić information content (AvgIpc) is 3.08. The molecule has 1 aliphatic rings. The number of pyridine rings is 3. The van der Waals surface area contributed by atoms with Crippen LogP contribution in [0.15, 0.2) is 41.5 Å². The Bertz CT molecular complexity index is 963. The minimum Gasteiger partial charge on any atom is -0.379 e. The molecule has 7 heteroatoms. The Balaban J connectivity index is 1.76. The van der Waals surface area contributed by atoms with Crippen LogP contribution >= 0.6 is 0 Å². The van der Waals surface area contributed by atoms with Crippen LogP contribution in [-0.4, -0.2) is 34.2 Å². The molecule has 1 atom stereocenters. The second kappa shape index (κ2) is 6.52. The van der Waals surface area contributed by atoms with E-state index in [0.717, 1.165) is 24.0 Å². The van der Waals surface area contributed by atoms with E-state index in [1.54, 1.807) is 12.4 Å². The summed E-state index contributed by atoms with van der Waals surface area (Å²) in [5, 5.41) is 7.93. The molecule has 1 fully saturated rings. The van der Waals surface area contributed by atoms with Gasteiger partial charge in [-0.15, -0.1) is 0 Å². The van der Waals surface area contributed by atoms with Gasteiger partial charge in [-0.25, -0.2) is 9.97 Å². The Morgan fingerprint density at radius 3 is 3.00 bits per heavy atom. The van der Waals surface area contributed by atoms with Crippen LogP contribution in [-0.2, 0) is 4.74 Å². The molecule has 0 amide bonds. The molecule has 3 N–H and O–H groups in total. The number of H-pyrrole nitrogens is 1. The largest absolute Gasteiger partial charge is 0.379 e.